The van der Waals surface area contributed by atoms with Crippen LogP contribution in [0.25, 0.3) is 5.69 Å². The normalized spacial score (nSPS) is 10.5. The van der Waals surface area contributed by atoms with Crippen LogP contribution in [0, 0.1) is 0 Å². The summed E-state index contributed by atoms with van der Waals surface area (Å²) in [5.74, 6) is 0.963. The van der Waals surface area contributed by atoms with E-state index < -0.39 is 0 Å². The Hall–Kier alpha value is -2.44. The zero-order valence-electron chi connectivity index (χ0n) is 14.2. The highest BCUT2D eigenvalue weighted by Crippen LogP contribution is 2.23. The standard InChI is InChI=1S/C19H18ClN3O2S/c1-25-16-7-4-6-15(11-16)23-10-9-21-19(23)26-13-18(24)22-12-14-5-2-3-8-17(14)20/h2-11H,12-13H2,1H3,(H,22,24). The van der Waals surface area contributed by atoms with Crippen molar-refractivity contribution in [2.45, 2.75) is 11.7 Å². The van der Waals surface area contributed by atoms with Crippen molar-refractivity contribution in [3.8, 4) is 11.4 Å². The van der Waals surface area contributed by atoms with Gasteiger partial charge in [-0.25, -0.2) is 4.98 Å². The zero-order valence-corrected chi connectivity index (χ0v) is 15.8. The summed E-state index contributed by atoms with van der Waals surface area (Å²) in [7, 11) is 1.63. The van der Waals surface area contributed by atoms with E-state index >= 15 is 0 Å². The second-order valence-corrected chi connectivity index (χ2v) is 6.79. The number of hydrogen-bond acceptors (Lipinski definition) is 4. The summed E-state index contributed by atoms with van der Waals surface area (Å²) >= 11 is 7.47. The fraction of sp³-hybridized carbons (Fsp3) is 0.158. The highest BCUT2D eigenvalue weighted by molar-refractivity contribution is 7.99. The van der Waals surface area contributed by atoms with Gasteiger partial charge < -0.3 is 10.1 Å². The van der Waals surface area contributed by atoms with Gasteiger partial charge in [-0.2, -0.15) is 0 Å². The molecule has 0 unspecified atom stereocenters. The molecule has 0 radical (unpaired) electrons. The van der Waals surface area contributed by atoms with Crippen LogP contribution < -0.4 is 10.1 Å². The van der Waals surface area contributed by atoms with Gasteiger partial charge in [0.2, 0.25) is 5.91 Å². The molecular weight excluding hydrogens is 370 g/mol. The Morgan fingerprint density at radius 3 is 2.92 bits per heavy atom. The summed E-state index contributed by atoms with van der Waals surface area (Å²) in [4.78, 5) is 16.5. The number of halogens is 1. The van der Waals surface area contributed by atoms with Crippen molar-refractivity contribution in [2.24, 2.45) is 0 Å². The molecule has 1 N–H and O–H groups in total. The molecule has 26 heavy (non-hydrogen) atoms. The third-order valence-corrected chi connectivity index (χ3v) is 5.04. The van der Waals surface area contributed by atoms with Crippen LogP contribution in [-0.2, 0) is 11.3 Å². The Balaban J connectivity index is 1.59. The molecule has 1 heterocycles. The summed E-state index contributed by atoms with van der Waals surface area (Å²) in [5.41, 5.74) is 1.83. The molecule has 0 aliphatic rings. The van der Waals surface area contributed by atoms with E-state index in [9.17, 15) is 4.79 Å². The SMILES string of the molecule is COc1cccc(-n2ccnc2SCC(=O)NCc2ccccc2Cl)c1. The molecule has 0 fully saturated rings. The quantitative estimate of drug-likeness (QED) is 0.624. The first kappa shape index (κ1) is 18.4. The summed E-state index contributed by atoms with van der Waals surface area (Å²) in [5, 5.41) is 4.27. The Bertz CT molecular complexity index is 898. The summed E-state index contributed by atoms with van der Waals surface area (Å²) in [6.45, 7) is 0.406. The van der Waals surface area contributed by atoms with Gasteiger partial charge in [0, 0.05) is 30.0 Å². The van der Waals surface area contributed by atoms with Crippen LogP contribution in [0.2, 0.25) is 5.02 Å². The van der Waals surface area contributed by atoms with Gasteiger partial charge in [0.25, 0.3) is 0 Å². The maximum Gasteiger partial charge on any atom is 0.230 e. The fourth-order valence-electron chi connectivity index (χ4n) is 2.37. The van der Waals surface area contributed by atoms with Crippen LogP contribution >= 0.6 is 23.4 Å². The van der Waals surface area contributed by atoms with Gasteiger partial charge in [-0.1, -0.05) is 47.6 Å². The Kier molecular flexibility index (Phi) is 6.20. The minimum absolute atomic E-state index is 0.0740. The summed E-state index contributed by atoms with van der Waals surface area (Å²) < 4.78 is 7.18. The third-order valence-electron chi connectivity index (χ3n) is 3.70. The van der Waals surface area contributed by atoms with E-state index in [0.29, 0.717) is 11.6 Å². The fourth-order valence-corrected chi connectivity index (χ4v) is 3.38. The monoisotopic (exact) mass is 387 g/mol. The van der Waals surface area contributed by atoms with Gasteiger partial charge >= 0.3 is 0 Å². The first-order chi connectivity index (χ1) is 12.7. The van der Waals surface area contributed by atoms with Gasteiger partial charge in [0.05, 0.1) is 18.6 Å². The van der Waals surface area contributed by atoms with Gasteiger partial charge in [-0.05, 0) is 23.8 Å². The van der Waals surface area contributed by atoms with Gasteiger partial charge in [0.1, 0.15) is 5.75 Å². The van der Waals surface area contributed by atoms with E-state index in [1.165, 1.54) is 11.8 Å². The lowest BCUT2D eigenvalue weighted by Gasteiger charge is -2.09. The molecule has 0 saturated carbocycles. The van der Waals surface area contributed by atoms with E-state index in [4.69, 9.17) is 16.3 Å². The highest BCUT2D eigenvalue weighted by Gasteiger charge is 2.10. The average molecular weight is 388 g/mol. The number of carbonyl (C=O) groups excluding carboxylic acids is 1. The smallest absolute Gasteiger partial charge is 0.230 e. The topological polar surface area (TPSA) is 56.2 Å². The van der Waals surface area contributed by atoms with E-state index in [1.807, 2.05) is 59.3 Å². The molecule has 1 amide bonds. The van der Waals surface area contributed by atoms with Gasteiger partial charge in [0.15, 0.2) is 5.16 Å². The molecule has 1 aromatic heterocycles. The van der Waals surface area contributed by atoms with Crippen molar-refractivity contribution in [1.29, 1.82) is 0 Å². The van der Waals surface area contributed by atoms with Crippen LogP contribution in [-0.4, -0.2) is 28.3 Å². The number of benzene rings is 2. The molecule has 0 aliphatic heterocycles. The zero-order chi connectivity index (χ0) is 18.4. The highest BCUT2D eigenvalue weighted by atomic mass is 35.5. The van der Waals surface area contributed by atoms with Crippen molar-refractivity contribution in [1.82, 2.24) is 14.9 Å². The maximum absolute atomic E-state index is 12.1. The number of rotatable bonds is 7. The number of nitrogens with zero attached hydrogens (tertiary/aromatic N) is 2. The lowest BCUT2D eigenvalue weighted by Crippen LogP contribution is -2.24. The average Bonchev–Trinajstić information content (AvgIpc) is 3.14. The lowest BCUT2D eigenvalue weighted by molar-refractivity contribution is -0.118. The number of carbonyl (C=O) groups is 1. The van der Waals surface area contributed by atoms with Gasteiger partial charge in [-0.15, -0.1) is 0 Å². The molecule has 2 aromatic carbocycles. The van der Waals surface area contributed by atoms with Crippen molar-refractivity contribution in [3.63, 3.8) is 0 Å². The van der Waals surface area contributed by atoms with Crippen LogP contribution in [0.4, 0.5) is 0 Å². The lowest BCUT2D eigenvalue weighted by atomic mass is 10.2. The van der Waals surface area contributed by atoms with Crippen molar-refractivity contribution >= 4 is 29.3 Å². The van der Waals surface area contributed by atoms with E-state index in [1.54, 1.807) is 13.3 Å². The van der Waals surface area contributed by atoms with Gasteiger partial charge in [-0.3, -0.25) is 9.36 Å². The molecule has 134 valence electrons. The first-order valence-corrected chi connectivity index (χ1v) is 9.34. The molecule has 5 nitrogen and oxygen atoms in total. The molecule has 0 aliphatic carbocycles. The van der Waals surface area contributed by atoms with E-state index in [-0.39, 0.29) is 11.7 Å². The number of thioether (sulfide) groups is 1. The van der Waals surface area contributed by atoms with E-state index in [2.05, 4.69) is 10.3 Å². The van der Waals surface area contributed by atoms with Crippen LogP contribution in [0.15, 0.2) is 66.1 Å². The summed E-state index contributed by atoms with van der Waals surface area (Å²) in [6.07, 6.45) is 3.57. The molecular formula is C19H18ClN3O2S. The van der Waals surface area contributed by atoms with Crippen LogP contribution in [0.3, 0.4) is 0 Å². The van der Waals surface area contributed by atoms with Crippen molar-refractivity contribution in [2.75, 3.05) is 12.9 Å². The number of amides is 1. The third kappa shape index (κ3) is 4.59. The molecule has 7 heteroatoms. The summed E-state index contributed by atoms with van der Waals surface area (Å²) in [6, 6.07) is 15.1. The molecule has 0 bridgehead atoms. The number of imidazole rings is 1. The van der Waals surface area contributed by atoms with Crippen LogP contribution in [0.1, 0.15) is 5.56 Å². The van der Waals surface area contributed by atoms with E-state index in [0.717, 1.165) is 22.2 Å². The molecule has 3 rings (SSSR count). The Labute approximate surface area is 161 Å². The second-order valence-electron chi connectivity index (χ2n) is 5.44. The largest absolute Gasteiger partial charge is 0.497 e. The van der Waals surface area contributed by atoms with Crippen molar-refractivity contribution < 1.29 is 9.53 Å². The Morgan fingerprint density at radius 1 is 1.27 bits per heavy atom. The van der Waals surface area contributed by atoms with Crippen molar-refractivity contribution in [3.05, 3.63) is 71.5 Å². The predicted octanol–water partition coefficient (Wildman–Crippen LogP) is 3.94. The number of aromatic nitrogens is 2. The number of nitrogens with one attached hydrogen (secondary N) is 1. The predicted molar refractivity (Wildman–Crippen MR) is 104 cm³/mol. The van der Waals surface area contributed by atoms with Crippen LogP contribution in [0.5, 0.6) is 5.75 Å². The molecule has 3 aromatic rings. The minimum atomic E-state index is -0.0740. The number of methoxy groups -OCH3 is 1. The molecule has 0 spiro atoms. The first-order valence-electron chi connectivity index (χ1n) is 7.98. The maximum atomic E-state index is 12.1. The minimum Gasteiger partial charge on any atom is -0.497 e. The molecule has 0 atom stereocenters. The number of ether oxygens (including phenoxy) is 1. The second kappa shape index (κ2) is 8.78. The Morgan fingerprint density at radius 2 is 2.12 bits per heavy atom. The molecule has 0 saturated heterocycles. The number of hydrogen-bond donors (Lipinski definition) is 1.